The van der Waals surface area contributed by atoms with Gasteiger partial charge in [0.05, 0.1) is 5.60 Å². The van der Waals surface area contributed by atoms with Crippen LogP contribution in [-0.4, -0.2) is 10.1 Å². The van der Waals surface area contributed by atoms with Crippen molar-refractivity contribution in [3.63, 3.8) is 0 Å². The van der Waals surface area contributed by atoms with E-state index in [1.54, 1.807) is 12.4 Å². The summed E-state index contributed by atoms with van der Waals surface area (Å²) < 4.78 is 0. The summed E-state index contributed by atoms with van der Waals surface area (Å²) in [4.78, 5) is 4.07. The largest absolute Gasteiger partial charge is 0.385 e. The van der Waals surface area contributed by atoms with E-state index in [1.807, 2.05) is 19.1 Å². The lowest BCUT2D eigenvalue weighted by atomic mass is 9.86. The number of aromatic nitrogens is 1. The molecule has 0 saturated heterocycles. The van der Waals surface area contributed by atoms with Crippen LogP contribution in [0.5, 0.6) is 0 Å². The second-order valence-electron chi connectivity index (χ2n) is 4.87. The molecular weight excluding hydrogens is 186 g/mol. The molecule has 2 nitrogen and oxygen atoms in total. The van der Waals surface area contributed by atoms with E-state index in [9.17, 15) is 5.11 Å². The molecule has 2 rings (SSSR count). The van der Waals surface area contributed by atoms with E-state index in [-0.39, 0.29) is 0 Å². The Kier molecular flexibility index (Phi) is 3.06. The van der Waals surface area contributed by atoms with E-state index in [1.165, 1.54) is 25.7 Å². The highest BCUT2D eigenvalue weighted by Crippen LogP contribution is 2.35. The third kappa shape index (κ3) is 2.57. The van der Waals surface area contributed by atoms with Crippen molar-refractivity contribution in [2.24, 2.45) is 5.92 Å². The molecule has 0 radical (unpaired) electrons. The number of rotatable bonds is 3. The lowest BCUT2D eigenvalue weighted by molar-refractivity contribution is 0.0305. The summed E-state index contributed by atoms with van der Waals surface area (Å²) >= 11 is 0. The van der Waals surface area contributed by atoms with Crippen LogP contribution in [0.1, 0.15) is 44.6 Å². The van der Waals surface area contributed by atoms with Crippen molar-refractivity contribution in [1.82, 2.24) is 4.98 Å². The van der Waals surface area contributed by atoms with Gasteiger partial charge >= 0.3 is 0 Å². The zero-order valence-corrected chi connectivity index (χ0v) is 9.32. The summed E-state index contributed by atoms with van der Waals surface area (Å²) in [6.45, 7) is 1.91. The lowest BCUT2D eigenvalue weighted by Crippen LogP contribution is -2.24. The molecule has 1 atom stereocenters. The van der Waals surface area contributed by atoms with E-state index in [2.05, 4.69) is 4.98 Å². The van der Waals surface area contributed by atoms with Gasteiger partial charge in [0.15, 0.2) is 0 Å². The quantitative estimate of drug-likeness (QED) is 0.823. The van der Waals surface area contributed by atoms with Crippen molar-refractivity contribution in [1.29, 1.82) is 0 Å². The standard InChI is InChI=1S/C13H19NO/c1-13(15,9-11-5-2-3-6-11)12-7-4-8-14-10-12/h4,7-8,10-11,15H,2-3,5-6,9H2,1H3. The van der Waals surface area contributed by atoms with Gasteiger partial charge in [-0.3, -0.25) is 4.98 Å². The van der Waals surface area contributed by atoms with Crippen LogP contribution in [0, 0.1) is 5.92 Å². The molecule has 1 fully saturated rings. The Labute approximate surface area is 91.4 Å². The highest BCUT2D eigenvalue weighted by atomic mass is 16.3. The molecule has 2 heteroatoms. The average molecular weight is 205 g/mol. The molecule has 1 saturated carbocycles. The summed E-state index contributed by atoms with van der Waals surface area (Å²) in [5.74, 6) is 0.695. The van der Waals surface area contributed by atoms with Crippen LogP contribution in [0.3, 0.4) is 0 Å². The maximum atomic E-state index is 10.4. The fourth-order valence-electron chi connectivity index (χ4n) is 2.58. The third-order valence-corrected chi connectivity index (χ3v) is 3.44. The minimum absolute atomic E-state index is 0.695. The summed E-state index contributed by atoms with van der Waals surface area (Å²) in [6.07, 6.45) is 9.59. The molecule has 0 aliphatic heterocycles. The van der Waals surface area contributed by atoms with Crippen LogP contribution in [0.4, 0.5) is 0 Å². The molecule has 1 aliphatic carbocycles. The van der Waals surface area contributed by atoms with Crippen molar-refractivity contribution in [2.75, 3.05) is 0 Å². The van der Waals surface area contributed by atoms with Gasteiger partial charge in [0.25, 0.3) is 0 Å². The maximum Gasteiger partial charge on any atom is 0.0886 e. The molecule has 1 N–H and O–H groups in total. The lowest BCUT2D eigenvalue weighted by Gasteiger charge is -2.26. The fraction of sp³-hybridized carbons (Fsp3) is 0.615. The smallest absolute Gasteiger partial charge is 0.0886 e. The van der Waals surface area contributed by atoms with E-state index in [0.29, 0.717) is 5.92 Å². The number of pyridine rings is 1. The first-order valence-electron chi connectivity index (χ1n) is 5.81. The average Bonchev–Trinajstić information content (AvgIpc) is 2.71. The molecule has 1 heterocycles. The van der Waals surface area contributed by atoms with Crippen LogP contribution in [0.2, 0.25) is 0 Å². The Morgan fingerprint density at radius 2 is 2.20 bits per heavy atom. The van der Waals surface area contributed by atoms with E-state index >= 15 is 0 Å². The van der Waals surface area contributed by atoms with Crippen LogP contribution in [0.15, 0.2) is 24.5 Å². The second kappa shape index (κ2) is 4.31. The van der Waals surface area contributed by atoms with Crippen molar-refractivity contribution in [2.45, 2.75) is 44.6 Å². The number of nitrogens with zero attached hydrogens (tertiary/aromatic N) is 1. The Bertz CT molecular complexity index is 302. The van der Waals surface area contributed by atoms with Crippen LogP contribution in [-0.2, 0) is 5.60 Å². The molecule has 1 aromatic heterocycles. The summed E-state index contributed by atoms with van der Waals surface area (Å²) in [5, 5.41) is 10.4. The third-order valence-electron chi connectivity index (χ3n) is 3.44. The number of hydrogen-bond donors (Lipinski definition) is 1. The van der Waals surface area contributed by atoms with Crippen LogP contribution in [0.25, 0.3) is 0 Å². The van der Waals surface area contributed by atoms with Crippen LogP contribution < -0.4 is 0 Å². The first-order chi connectivity index (χ1) is 7.18. The summed E-state index contributed by atoms with van der Waals surface area (Å²) in [7, 11) is 0. The molecule has 0 bridgehead atoms. The monoisotopic (exact) mass is 205 g/mol. The van der Waals surface area contributed by atoms with Crippen molar-refractivity contribution < 1.29 is 5.11 Å². The van der Waals surface area contributed by atoms with Gasteiger partial charge < -0.3 is 5.11 Å². The van der Waals surface area contributed by atoms with Crippen molar-refractivity contribution >= 4 is 0 Å². The molecule has 1 aliphatic rings. The zero-order valence-electron chi connectivity index (χ0n) is 9.32. The first kappa shape index (κ1) is 10.6. The normalized spacial score (nSPS) is 21.5. The van der Waals surface area contributed by atoms with Gasteiger partial charge in [-0.25, -0.2) is 0 Å². The molecular formula is C13H19NO. The predicted molar refractivity (Wildman–Crippen MR) is 60.4 cm³/mol. The van der Waals surface area contributed by atoms with Gasteiger partial charge in [0.1, 0.15) is 0 Å². The zero-order chi connectivity index (χ0) is 10.7. The Morgan fingerprint density at radius 3 is 2.80 bits per heavy atom. The van der Waals surface area contributed by atoms with E-state index in [0.717, 1.165) is 12.0 Å². The Morgan fingerprint density at radius 1 is 1.47 bits per heavy atom. The Hall–Kier alpha value is -0.890. The number of aliphatic hydroxyl groups is 1. The minimum atomic E-state index is -0.705. The van der Waals surface area contributed by atoms with E-state index < -0.39 is 5.60 Å². The summed E-state index contributed by atoms with van der Waals surface area (Å²) in [5.41, 5.74) is 0.236. The maximum absolute atomic E-state index is 10.4. The topological polar surface area (TPSA) is 33.1 Å². The molecule has 1 unspecified atom stereocenters. The van der Waals surface area contributed by atoms with Gasteiger partial charge in [-0.15, -0.1) is 0 Å². The molecule has 82 valence electrons. The molecule has 0 amide bonds. The van der Waals surface area contributed by atoms with Gasteiger partial charge in [-0.2, -0.15) is 0 Å². The van der Waals surface area contributed by atoms with E-state index in [4.69, 9.17) is 0 Å². The first-order valence-corrected chi connectivity index (χ1v) is 5.81. The summed E-state index contributed by atoms with van der Waals surface area (Å²) in [6, 6.07) is 3.85. The highest BCUT2D eigenvalue weighted by Gasteiger charge is 2.28. The van der Waals surface area contributed by atoms with Gasteiger partial charge in [0.2, 0.25) is 0 Å². The second-order valence-corrected chi connectivity index (χ2v) is 4.87. The minimum Gasteiger partial charge on any atom is -0.385 e. The van der Waals surface area contributed by atoms with Gasteiger partial charge in [0, 0.05) is 18.0 Å². The number of hydrogen-bond acceptors (Lipinski definition) is 2. The molecule has 1 aromatic rings. The van der Waals surface area contributed by atoms with Gasteiger partial charge in [-0.1, -0.05) is 31.7 Å². The molecule has 0 aromatic carbocycles. The highest BCUT2D eigenvalue weighted by molar-refractivity contribution is 5.16. The molecule has 0 spiro atoms. The Balaban J connectivity index is 2.05. The van der Waals surface area contributed by atoms with Gasteiger partial charge in [-0.05, 0) is 25.3 Å². The van der Waals surface area contributed by atoms with Crippen LogP contribution >= 0.6 is 0 Å². The van der Waals surface area contributed by atoms with Crippen molar-refractivity contribution in [3.05, 3.63) is 30.1 Å². The SMILES string of the molecule is CC(O)(CC1CCCC1)c1cccnc1. The fourth-order valence-corrected chi connectivity index (χ4v) is 2.58. The predicted octanol–water partition coefficient (Wildman–Crippen LogP) is 2.87. The van der Waals surface area contributed by atoms with Crippen molar-refractivity contribution in [3.8, 4) is 0 Å². The molecule has 15 heavy (non-hydrogen) atoms.